The van der Waals surface area contributed by atoms with Gasteiger partial charge >= 0.3 is 6.18 Å². The van der Waals surface area contributed by atoms with E-state index in [4.69, 9.17) is 5.73 Å². The van der Waals surface area contributed by atoms with Crippen LogP contribution in [0.5, 0.6) is 0 Å². The van der Waals surface area contributed by atoms with Crippen LogP contribution in [0.2, 0.25) is 0 Å². The Kier molecular flexibility index (Phi) is 2.03. The molecule has 8 heteroatoms. The van der Waals surface area contributed by atoms with Crippen molar-refractivity contribution >= 4 is 15.9 Å². The van der Waals surface area contributed by atoms with Gasteiger partial charge in [-0.1, -0.05) is 6.07 Å². The molecule has 1 aromatic rings. The molecule has 1 aliphatic heterocycles. The summed E-state index contributed by atoms with van der Waals surface area (Å²) in [7, 11) is -4.07. The summed E-state index contributed by atoms with van der Waals surface area (Å²) in [4.78, 5) is -0.500. The number of fused-ring (bicyclic) bond motifs is 1. The molecule has 1 heterocycles. The highest BCUT2D eigenvalue weighted by atomic mass is 32.2. The van der Waals surface area contributed by atoms with Crippen LogP contribution in [0.1, 0.15) is 11.1 Å². The Balaban J connectivity index is 2.83. The smallest absolute Gasteiger partial charge is 0.382 e. The Morgan fingerprint density at radius 1 is 1.25 bits per heavy atom. The van der Waals surface area contributed by atoms with Crippen molar-refractivity contribution in [2.75, 3.05) is 0 Å². The van der Waals surface area contributed by atoms with Gasteiger partial charge in [0.25, 0.3) is 10.0 Å². The third-order valence-corrected chi connectivity index (χ3v) is 3.42. The van der Waals surface area contributed by atoms with E-state index >= 15 is 0 Å². The van der Waals surface area contributed by atoms with Gasteiger partial charge in [-0.3, -0.25) is 0 Å². The molecule has 4 nitrogen and oxygen atoms in total. The molecule has 2 N–H and O–H groups in total. The Morgan fingerprint density at radius 3 is 2.44 bits per heavy atom. The first-order valence-corrected chi connectivity index (χ1v) is 5.48. The third kappa shape index (κ3) is 1.45. The van der Waals surface area contributed by atoms with Crippen molar-refractivity contribution < 1.29 is 21.6 Å². The monoisotopic (exact) mass is 250 g/mol. The molecule has 86 valence electrons. The van der Waals surface area contributed by atoms with Gasteiger partial charge < -0.3 is 5.73 Å². The second-order valence-electron chi connectivity index (χ2n) is 3.13. The molecule has 2 rings (SSSR count). The zero-order valence-electron chi connectivity index (χ0n) is 7.62. The summed E-state index contributed by atoms with van der Waals surface area (Å²) < 4.78 is 63.3. The molecule has 0 aromatic heterocycles. The number of nitrogens with zero attached hydrogens (tertiary/aromatic N) is 1. The minimum absolute atomic E-state index is 0.500. The Labute approximate surface area is 88.6 Å². The molecular weight excluding hydrogens is 245 g/mol. The largest absolute Gasteiger partial charge is 0.417 e. The molecule has 0 atom stereocenters. The molecule has 1 aliphatic rings. The quantitative estimate of drug-likeness (QED) is 0.749. The molecule has 0 spiro atoms. The van der Waals surface area contributed by atoms with Gasteiger partial charge in [0.2, 0.25) is 0 Å². The van der Waals surface area contributed by atoms with Crippen LogP contribution in [0, 0.1) is 0 Å². The SMILES string of the molecule is NC1=NS(=O)(=O)c2cccc(C(F)(F)F)c21. The number of rotatable bonds is 0. The summed E-state index contributed by atoms with van der Waals surface area (Å²) in [5, 5.41) is 0. The third-order valence-electron chi connectivity index (χ3n) is 2.08. The van der Waals surface area contributed by atoms with Gasteiger partial charge in [0.1, 0.15) is 10.7 Å². The maximum absolute atomic E-state index is 12.6. The van der Waals surface area contributed by atoms with Crippen LogP contribution in [-0.2, 0) is 16.2 Å². The van der Waals surface area contributed by atoms with Gasteiger partial charge in [-0.25, -0.2) is 0 Å². The van der Waals surface area contributed by atoms with Crippen molar-refractivity contribution in [1.29, 1.82) is 0 Å². The van der Waals surface area contributed by atoms with E-state index in [1.54, 1.807) is 0 Å². The number of halogens is 3. The maximum Gasteiger partial charge on any atom is 0.417 e. The van der Waals surface area contributed by atoms with Gasteiger partial charge in [-0.2, -0.15) is 21.6 Å². The van der Waals surface area contributed by atoms with Crippen LogP contribution >= 0.6 is 0 Å². The number of benzene rings is 1. The number of alkyl halides is 3. The standard InChI is InChI=1S/C8H5F3N2O2S/c9-8(10,11)4-2-1-3-5-6(4)7(12)13-16(5,14)15/h1-3H,(H2,12,13). The Hall–Kier alpha value is -1.57. The molecule has 0 bridgehead atoms. The normalized spacial score (nSPS) is 18.1. The molecule has 0 saturated heterocycles. The fourth-order valence-electron chi connectivity index (χ4n) is 1.47. The minimum atomic E-state index is -4.66. The summed E-state index contributed by atoms with van der Waals surface area (Å²) in [6.45, 7) is 0. The van der Waals surface area contributed by atoms with Crippen molar-refractivity contribution in [3.63, 3.8) is 0 Å². The zero-order valence-corrected chi connectivity index (χ0v) is 8.43. The van der Waals surface area contributed by atoms with Gasteiger partial charge in [-0.15, -0.1) is 4.40 Å². The fraction of sp³-hybridized carbons (Fsp3) is 0.125. The fourth-order valence-corrected chi connectivity index (χ4v) is 2.64. The van der Waals surface area contributed by atoms with Crippen LogP contribution < -0.4 is 5.73 Å². The molecule has 0 unspecified atom stereocenters. The maximum atomic E-state index is 12.6. The Morgan fingerprint density at radius 2 is 1.88 bits per heavy atom. The molecule has 0 saturated carbocycles. The second-order valence-corrected chi connectivity index (χ2v) is 4.70. The van der Waals surface area contributed by atoms with Crippen molar-refractivity contribution in [1.82, 2.24) is 0 Å². The zero-order chi connectivity index (χ0) is 12.1. The molecule has 0 aliphatic carbocycles. The van der Waals surface area contributed by atoms with Crippen molar-refractivity contribution in [2.24, 2.45) is 10.1 Å². The van der Waals surface area contributed by atoms with E-state index in [1.165, 1.54) is 0 Å². The number of hydrogen-bond acceptors (Lipinski definition) is 3. The first-order valence-electron chi connectivity index (χ1n) is 4.04. The van der Waals surface area contributed by atoms with Crippen LogP contribution in [0.25, 0.3) is 0 Å². The predicted octanol–water partition coefficient (Wildman–Crippen LogP) is 1.11. The lowest BCUT2D eigenvalue weighted by molar-refractivity contribution is -0.137. The van der Waals surface area contributed by atoms with Gasteiger partial charge in [0.05, 0.1) is 11.1 Å². The van der Waals surface area contributed by atoms with Crippen LogP contribution in [0.3, 0.4) is 0 Å². The lowest BCUT2D eigenvalue weighted by Crippen LogP contribution is -2.18. The molecule has 16 heavy (non-hydrogen) atoms. The summed E-state index contributed by atoms with van der Waals surface area (Å²) >= 11 is 0. The number of sulfonamides is 1. The van der Waals surface area contributed by atoms with Gasteiger partial charge in [0, 0.05) is 0 Å². The highest BCUT2D eigenvalue weighted by molar-refractivity contribution is 7.90. The van der Waals surface area contributed by atoms with E-state index in [-0.39, 0.29) is 0 Å². The van der Waals surface area contributed by atoms with E-state index in [0.29, 0.717) is 0 Å². The summed E-state index contributed by atoms with van der Waals surface area (Å²) in [6.07, 6.45) is -4.66. The average molecular weight is 250 g/mol. The second kappa shape index (κ2) is 2.97. The Bertz CT molecular complexity index is 590. The van der Waals surface area contributed by atoms with E-state index in [1.807, 2.05) is 0 Å². The van der Waals surface area contributed by atoms with E-state index in [0.717, 1.165) is 18.2 Å². The van der Waals surface area contributed by atoms with E-state index in [9.17, 15) is 21.6 Å². The lowest BCUT2D eigenvalue weighted by atomic mass is 10.1. The van der Waals surface area contributed by atoms with Gasteiger partial charge in [0.15, 0.2) is 0 Å². The number of hydrogen-bond donors (Lipinski definition) is 1. The first-order chi connectivity index (χ1) is 7.23. The van der Waals surface area contributed by atoms with Crippen LogP contribution in [0.4, 0.5) is 13.2 Å². The topological polar surface area (TPSA) is 72.5 Å². The summed E-state index contributed by atoms with van der Waals surface area (Å²) in [5.41, 5.74) is 3.54. The highest BCUT2D eigenvalue weighted by Gasteiger charge is 2.40. The van der Waals surface area contributed by atoms with Crippen molar-refractivity contribution in [3.8, 4) is 0 Å². The van der Waals surface area contributed by atoms with Crippen molar-refractivity contribution in [3.05, 3.63) is 29.3 Å². The summed E-state index contributed by atoms with van der Waals surface area (Å²) in [6, 6.07) is 2.82. The summed E-state index contributed by atoms with van der Waals surface area (Å²) in [5.74, 6) is -0.622. The van der Waals surface area contributed by atoms with Gasteiger partial charge in [-0.05, 0) is 12.1 Å². The minimum Gasteiger partial charge on any atom is -0.382 e. The predicted molar refractivity (Wildman–Crippen MR) is 49.4 cm³/mol. The molecular formula is C8H5F3N2O2S. The van der Waals surface area contributed by atoms with E-state index < -0.39 is 38.1 Å². The van der Waals surface area contributed by atoms with Crippen LogP contribution in [-0.4, -0.2) is 14.3 Å². The number of amidine groups is 1. The number of nitrogens with two attached hydrogens (primary N) is 1. The molecule has 0 radical (unpaired) electrons. The van der Waals surface area contributed by atoms with Crippen LogP contribution in [0.15, 0.2) is 27.5 Å². The average Bonchev–Trinajstić information content (AvgIpc) is 2.36. The highest BCUT2D eigenvalue weighted by Crippen LogP contribution is 2.37. The van der Waals surface area contributed by atoms with E-state index in [2.05, 4.69) is 4.40 Å². The lowest BCUT2D eigenvalue weighted by Gasteiger charge is -2.10. The molecule has 0 amide bonds. The first kappa shape index (κ1) is 10.9. The molecule has 0 fully saturated rings. The van der Waals surface area contributed by atoms with Crippen molar-refractivity contribution in [2.45, 2.75) is 11.1 Å². The molecule has 1 aromatic carbocycles.